The maximum atomic E-state index is 6.01. The topological polar surface area (TPSA) is 35.2 Å². The number of rotatable bonds is 2. The van der Waals surface area contributed by atoms with Crippen LogP contribution in [-0.2, 0) is 0 Å². The summed E-state index contributed by atoms with van der Waals surface area (Å²) in [7, 11) is 1.65. The van der Waals surface area contributed by atoms with Crippen LogP contribution in [0.25, 0.3) is 11.1 Å². The van der Waals surface area contributed by atoms with E-state index in [-0.39, 0.29) is 0 Å². The van der Waals surface area contributed by atoms with Crippen molar-refractivity contribution < 1.29 is 4.74 Å². The molecule has 0 fully saturated rings. The van der Waals surface area contributed by atoms with Gasteiger partial charge in [0.2, 0.25) is 0 Å². The van der Waals surface area contributed by atoms with E-state index in [1.54, 1.807) is 7.11 Å². The van der Waals surface area contributed by atoms with Gasteiger partial charge in [-0.3, -0.25) is 0 Å². The molecule has 0 atom stereocenters. The maximum absolute atomic E-state index is 6.01. The number of nitrogens with two attached hydrogens (primary N) is 1. The molecule has 0 radical (unpaired) electrons. The zero-order valence-electron chi connectivity index (χ0n) is 9.83. The second kappa shape index (κ2) is 4.68. The van der Waals surface area contributed by atoms with Crippen LogP contribution in [0, 0.1) is 6.92 Å². The minimum atomic E-state index is 0.690. The molecule has 0 amide bonds. The molecule has 2 aromatic carbocycles. The van der Waals surface area contributed by atoms with Gasteiger partial charge in [-0.25, -0.2) is 0 Å². The Kier molecular flexibility index (Phi) is 3.25. The SMILES string of the molecule is COc1ccc(Cl)cc1-c1ccc(N)c(C)c1. The highest BCUT2D eigenvalue weighted by atomic mass is 35.5. The Balaban J connectivity index is 2.58. The third kappa shape index (κ3) is 2.37. The number of nitrogen functional groups attached to an aromatic ring is 1. The third-order valence-electron chi connectivity index (χ3n) is 2.74. The molecular formula is C14H14ClNO. The summed E-state index contributed by atoms with van der Waals surface area (Å²) in [6, 6.07) is 11.5. The van der Waals surface area contributed by atoms with Crippen LogP contribution < -0.4 is 10.5 Å². The summed E-state index contributed by atoms with van der Waals surface area (Å²) in [5.41, 5.74) is 9.67. The first-order valence-electron chi connectivity index (χ1n) is 5.32. The lowest BCUT2D eigenvalue weighted by Crippen LogP contribution is -1.91. The Morgan fingerprint density at radius 1 is 1.12 bits per heavy atom. The molecule has 0 saturated carbocycles. The molecule has 2 N–H and O–H groups in total. The first-order valence-corrected chi connectivity index (χ1v) is 5.69. The fourth-order valence-electron chi connectivity index (χ4n) is 1.75. The van der Waals surface area contributed by atoms with Crippen LogP contribution in [0.15, 0.2) is 36.4 Å². The number of anilines is 1. The molecule has 2 nitrogen and oxygen atoms in total. The number of ether oxygens (including phenoxy) is 1. The number of benzene rings is 2. The molecule has 0 aliphatic heterocycles. The monoisotopic (exact) mass is 247 g/mol. The van der Waals surface area contributed by atoms with E-state index in [2.05, 4.69) is 0 Å². The number of hydrogen-bond acceptors (Lipinski definition) is 2. The number of aryl methyl sites for hydroxylation is 1. The van der Waals surface area contributed by atoms with Gasteiger partial charge in [-0.1, -0.05) is 17.7 Å². The Morgan fingerprint density at radius 3 is 2.53 bits per heavy atom. The van der Waals surface area contributed by atoms with Gasteiger partial charge >= 0.3 is 0 Å². The van der Waals surface area contributed by atoms with E-state index in [0.29, 0.717) is 5.02 Å². The van der Waals surface area contributed by atoms with Crippen molar-refractivity contribution in [2.75, 3.05) is 12.8 Å². The summed E-state index contributed by atoms with van der Waals surface area (Å²) in [5, 5.41) is 0.690. The Bertz CT molecular complexity index is 552. The van der Waals surface area contributed by atoms with Gasteiger partial charge in [-0.15, -0.1) is 0 Å². The first-order chi connectivity index (χ1) is 8.11. The van der Waals surface area contributed by atoms with Crippen molar-refractivity contribution in [1.82, 2.24) is 0 Å². The van der Waals surface area contributed by atoms with E-state index in [4.69, 9.17) is 22.1 Å². The highest BCUT2D eigenvalue weighted by molar-refractivity contribution is 6.31. The molecule has 0 unspecified atom stereocenters. The smallest absolute Gasteiger partial charge is 0.126 e. The highest BCUT2D eigenvalue weighted by Crippen LogP contribution is 2.33. The summed E-state index contributed by atoms with van der Waals surface area (Å²) in [5.74, 6) is 0.804. The average molecular weight is 248 g/mol. The average Bonchev–Trinajstić information content (AvgIpc) is 2.32. The van der Waals surface area contributed by atoms with E-state index in [0.717, 1.165) is 28.1 Å². The zero-order valence-corrected chi connectivity index (χ0v) is 10.6. The molecule has 88 valence electrons. The number of methoxy groups -OCH3 is 1. The lowest BCUT2D eigenvalue weighted by Gasteiger charge is -2.10. The molecule has 0 saturated heterocycles. The molecule has 2 aromatic rings. The van der Waals surface area contributed by atoms with Crippen LogP contribution in [-0.4, -0.2) is 7.11 Å². The van der Waals surface area contributed by atoms with Gasteiger partial charge in [-0.05, 0) is 48.4 Å². The van der Waals surface area contributed by atoms with E-state index in [9.17, 15) is 0 Å². The molecule has 0 aliphatic carbocycles. The summed E-state index contributed by atoms with van der Waals surface area (Å²) in [6.45, 7) is 1.98. The van der Waals surface area contributed by atoms with Gasteiger partial charge in [0.05, 0.1) is 7.11 Å². The second-order valence-electron chi connectivity index (χ2n) is 3.92. The van der Waals surface area contributed by atoms with Crippen LogP contribution in [0.3, 0.4) is 0 Å². The van der Waals surface area contributed by atoms with Crippen molar-refractivity contribution in [2.45, 2.75) is 6.92 Å². The number of halogens is 1. The van der Waals surface area contributed by atoms with Crippen LogP contribution in [0.1, 0.15) is 5.56 Å². The predicted octanol–water partition coefficient (Wildman–Crippen LogP) is 3.91. The van der Waals surface area contributed by atoms with Gasteiger partial charge in [-0.2, -0.15) is 0 Å². The quantitative estimate of drug-likeness (QED) is 0.817. The van der Waals surface area contributed by atoms with Crippen molar-refractivity contribution >= 4 is 17.3 Å². The normalized spacial score (nSPS) is 10.3. The van der Waals surface area contributed by atoms with Crippen LogP contribution >= 0.6 is 11.6 Å². The van der Waals surface area contributed by atoms with Gasteiger partial charge in [0.25, 0.3) is 0 Å². The molecular weight excluding hydrogens is 234 g/mol. The van der Waals surface area contributed by atoms with Crippen LogP contribution in [0.5, 0.6) is 5.75 Å². The highest BCUT2D eigenvalue weighted by Gasteiger charge is 2.07. The van der Waals surface area contributed by atoms with Crippen LogP contribution in [0.2, 0.25) is 5.02 Å². The molecule has 3 heteroatoms. The largest absolute Gasteiger partial charge is 0.496 e. The van der Waals surface area contributed by atoms with Crippen molar-refractivity contribution in [3.63, 3.8) is 0 Å². The Morgan fingerprint density at radius 2 is 1.88 bits per heavy atom. The second-order valence-corrected chi connectivity index (χ2v) is 4.35. The molecule has 0 aliphatic rings. The molecule has 17 heavy (non-hydrogen) atoms. The van der Waals surface area contributed by atoms with Gasteiger partial charge < -0.3 is 10.5 Å². The van der Waals surface area contributed by atoms with Gasteiger partial charge in [0, 0.05) is 16.3 Å². The predicted molar refractivity (Wildman–Crippen MR) is 72.6 cm³/mol. The number of hydrogen-bond donors (Lipinski definition) is 1. The van der Waals surface area contributed by atoms with E-state index in [1.807, 2.05) is 43.3 Å². The van der Waals surface area contributed by atoms with E-state index < -0.39 is 0 Å². The van der Waals surface area contributed by atoms with Crippen LogP contribution in [0.4, 0.5) is 5.69 Å². The summed E-state index contributed by atoms with van der Waals surface area (Å²) in [4.78, 5) is 0. The summed E-state index contributed by atoms with van der Waals surface area (Å²) >= 11 is 6.01. The minimum absolute atomic E-state index is 0.690. The summed E-state index contributed by atoms with van der Waals surface area (Å²) < 4.78 is 5.33. The zero-order chi connectivity index (χ0) is 12.4. The minimum Gasteiger partial charge on any atom is -0.496 e. The van der Waals surface area contributed by atoms with Crippen molar-refractivity contribution in [1.29, 1.82) is 0 Å². The van der Waals surface area contributed by atoms with E-state index in [1.165, 1.54) is 0 Å². The Labute approximate surface area is 106 Å². The van der Waals surface area contributed by atoms with Crippen molar-refractivity contribution in [3.05, 3.63) is 47.0 Å². The fourth-order valence-corrected chi connectivity index (χ4v) is 1.92. The fraction of sp³-hybridized carbons (Fsp3) is 0.143. The molecule has 0 heterocycles. The molecule has 0 bridgehead atoms. The summed E-state index contributed by atoms with van der Waals surface area (Å²) in [6.07, 6.45) is 0. The third-order valence-corrected chi connectivity index (χ3v) is 2.98. The van der Waals surface area contributed by atoms with Gasteiger partial charge in [0.1, 0.15) is 5.75 Å². The lowest BCUT2D eigenvalue weighted by molar-refractivity contribution is 0.416. The lowest BCUT2D eigenvalue weighted by atomic mass is 10.0. The maximum Gasteiger partial charge on any atom is 0.126 e. The molecule has 0 spiro atoms. The van der Waals surface area contributed by atoms with E-state index >= 15 is 0 Å². The Hall–Kier alpha value is -1.67. The van der Waals surface area contributed by atoms with Gasteiger partial charge in [0.15, 0.2) is 0 Å². The first kappa shape index (κ1) is 11.8. The van der Waals surface area contributed by atoms with Crippen molar-refractivity contribution in [2.24, 2.45) is 0 Å². The molecule has 2 rings (SSSR count). The molecule has 0 aromatic heterocycles. The standard InChI is InChI=1S/C14H14ClNO/c1-9-7-10(3-5-13(9)16)12-8-11(15)4-6-14(12)17-2/h3-8H,16H2,1-2H3. The van der Waals surface area contributed by atoms with Crippen molar-refractivity contribution in [3.8, 4) is 16.9 Å².